The van der Waals surface area contributed by atoms with Gasteiger partial charge in [-0.25, -0.2) is 0 Å². The topological polar surface area (TPSA) is 64.3 Å². The Morgan fingerprint density at radius 3 is 2.75 bits per heavy atom. The molecule has 2 saturated carbocycles. The highest BCUT2D eigenvalue weighted by Gasteiger charge is 2.31. The van der Waals surface area contributed by atoms with Crippen molar-refractivity contribution in [3.63, 3.8) is 0 Å². The molecule has 4 heteroatoms. The van der Waals surface area contributed by atoms with E-state index in [2.05, 4.69) is 12.2 Å². The van der Waals surface area contributed by atoms with E-state index >= 15 is 0 Å². The second-order valence-electron chi connectivity index (χ2n) is 6.50. The van der Waals surface area contributed by atoms with Crippen molar-refractivity contribution < 1.29 is 9.53 Å². The lowest BCUT2D eigenvalue weighted by molar-refractivity contribution is -0.126. The van der Waals surface area contributed by atoms with Crippen LogP contribution in [0.5, 0.6) is 0 Å². The Balaban J connectivity index is 1.61. The van der Waals surface area contributed by atoms with Gasteiger partial charge in [-0.15, -0.1) is 0 Å². The molecule has 1 amide bonds. The summed E-state index contributed by atoms with van der Waals surface area (Å²) in [5.41, 5.74) is 5.72. The van der Waals surface area contributed by atoms with Crippen molar-refractivity contribution in [3.05, 3.63) is 0 Å². The van der Waals surface area contributed by atoms with Crippen LogP contribution >= 0.6 is 0 Å². The van der Waals surface area contributed by atoms with Crippen LogP contribution in [-0.4, -0.2) is 31.7 Å². The fourth-order valence-electron chi connectivity index (χ4n) is 3.71. The lowest BCUT2D eigenvalue weighted by Crippen LogP contribution is -2.37. The predicted octanol–water partition coefficient (Wildman–Crippen LogP) is 2.07. The fourth-order valence-corrected chi connectivity index (χ4v) is 3.71. The highest BCUT2D eigenvalue weighted by Crippen LogP contribution is 2.31. The van der Waals surface area contributed by atoms with Gasteiger partial charge in [0.1, 0.15) is 0 Å². The number of amides is 1. The van der Waals surface area contributed by atoms with Crippen molar-refractivity contribution >= 4 is 5.91 Å². The molecule has 4 nitrogen and oxygen atoms in total. The Bertz CT molecular complexity index is 309. The largest absolute Gasteiger partial charge is 0.376 e. The summed E-state index contributed by atoms with van der Waals surface area (Å²) in [7, 11) is 0. The molecule has 4 atom stereocenters. The Morgan fingerprint density at radius 1 is 1.20 bits per heavy atom. The van der Waals surface area contributed by atoms with E-state index in [0.717, 1.165) is 19.3 Å². The Morgan fingerprint density at radius 2 is 2.00 bits per heavy atom. The second kappa shape index (κ2) is 7.99. The van der Waals surface area contributed by atoms with Gasteiger partial charge >= 0.3 is 0 Å². The van der Waals surface area contributed by atoms with Crippen LogP contribution in [0.4, 0.5) is 0 Å². The molecule has 2 unspecified atom stereocenters. The number of hydrogen-bond acceptors (Lipinski definition) is 3. The molecule has 2 rings (SSSR count). The molecule has 20 heavy (non-hydrogen) atoms. The smallest absolute Gasteiger partial charge is 0.223 e. The number of rotatable bonds is 6. The van der Waals surface area contributed by atoms with Gasteiger partial charge in [0.05, 0.1) is 12.7 Å². The SMILES string of the molecule is CC1CCCCC1OCCNC(=O)[C@@H]1CCC[C@@H]1CN. The third-order valence-corrected chi connectivity index (χ3v) is 5.06. The molecular formula is C16H30N2O2. The molecule has 0 aromatic carbocycles. The number of ether oxygens (including phenoxy) is 1. The van der Waals surface area contributed by atoms with Gasteiger partial charge < -0.3 is 15.8 Å². The maximum Gasteiger partial charge on any atom is 0.223 e. The molecule has 0 radical (unpaired) electrons. The molecule has 116 valence electrons. The monoisotopic (exact) mass is 282 g/mol. The number of carbonyl (C=O) groups is 1. The lowest BCUT2D eigenvalue weighted by atomic mass is 9.88. The van der Waals surface area contributed by atoms with Crippen molar-refractivity contribution in [2.45, 2.75) is 58.0 Å². The summed E-state index contributed by atoms with van der Waals surface area (Å²) in [4.78, 5) is 12.1. The molecule has 2 aliphatic rings. The zero-order valence-electron chi connectivity index (χ0n) is 12.8. The zero-order chi connectivity index (χ0) is 14.4. The maximum absolute atomic E-state index is 12.1. The first-order valence-electron chi connectivity index (χ1n) is 8.31. The maximum atomic E-state index is 12.1. The molecular weight excluding hydrogens is 252 g/mol. The van der Waals surface area contributed by atoms with E-state index in [1.165, 1.54) is 25.7 Å². The zero-order valence-corrected chi connectivity index (χ0v) is 12.8. The summed E-state index contributed by atoms with van der Waals surface area (Å²) < 4.78 is 5.92. The average Bonchev–Trinajstić information content (AvgIpc) is 2.93. The molecule has 0 spiro atoms. The highest BCUT2D eigenvalue weighted by molar-refractivity contribution is 5.79. The van der Waals surface area contributed by atoms with Crippen LogP contribution in [0, 0.1) is 17.8 Å². The van der Waals surface area contributed by atoms with Gasteiger partial charge in [0.25, 0.3) is 0 Å². The van der Waals surface area contributed by atoms with E-state index in [4.69, 9.17) is 10.5 Å². The van der Waals surface area contributed by atoms with Crippen LogP contribution in [0.25, 0.3) is 0 Å². The van der Waals surface area contributed by atoms with Crippen molar-refractivity contribution in [3.8, 4) is 0 Å². The fraction of sp³-hybridized carbons (Fsp3) is 0.938. The molecule has 0 heterocycles. The van der Waals surface area contributed by atoms with Crippen LogP contribution in [0.3, 0.4) is 0 Å². The van der Waals surface area contributed by atoms with Gasteiger partial charge in [0.2, 0.25) is 5.91 Å². The van der Waals surface area contributed by atoms with Gasteiger partial charge in [0.15, 0.2) is 0 Å². The molecule has 0 aromatic rings. The van der Waals surface area contributed by atoms with Crippen molar-refractivity contribution in [1.29, 1.82) is 0 Å². The summed E-state index contributed by atoms with van der Waals surface area (Å²) in [5, 5.41) is 3.02. The summed E-state index contributed by atoms with van der Waals surface area (Å²) in [5.74, 6) is 1.36. The number of nitrogens with one attached hydrogen (secondary N) is 1. The minimum absolute atomic E-state index is 0.133. The first-order chi connectivity index (χ1) is 9.72. The minimum Gasteiger partial charge on any atom is -0.376 e. The molecule has 0 bridgehead atoms. The standard InChI is InChI=1S/C16H30N2O2/c1-12-5-2-3-8-15(12)20-10-9-18-16(19)14-7-4-6-13(14)11-17/h12-15H,2-11,17H2,1H3,(H,18,19)/t12?,13-,14-,15?/m1/s1. The molecule has 2 aliphatic carbocycles. The third-order valence-electron chi connectivity index (χ3n) is 5.06. The van der Waals surface area contributed by atoms with E-state index < -0.39 is 0 Å². The number of nitrogens with two attached hydrogens (primary N) is 1. The number of hydrogen-bond donors (Lipinski definition) is 2. The van der Waals surface area contributed by atoms with Crippen molar-refractivity contribution in [1.82, 2.24) is 5.32 Å². The van der Waals surface area contributed by atoms with Crippen LogP contribution in [-0.2, 0) is 9.53 Å². The van der Waals surface area contributed by atoms with Gasteiger partial charge in [0, 0.05) is 12.5 Å². The third kappa shape index (κ3) is 4.19. The number of carbonyl (C=O) groups excluding carboxylic acids is 1. The first-order valence-corrected chi connectivity index (χ1v) is 8.31. The molecule has 0 saturated heterocycles. The quantitative estimate of drug-likeness (QED) is 0.733. The van der Waals surface area contributed by atoms with Crippen LogP contribution in [0.15, 0.2) is 0 Å². The average molecular weight is 282 g/mol. The first kappa shape index (κ1) is 15.8. The normalized spacial score (nSPS) is 34.1. The molecule has 2 fully saturated rings. The minimum atomic E-state index is 0.133. The van der Waals surface area contributed by atoms with Crippen LogP contribution in [0.2, 0.25) is 0 Å². The van der Waals surface area contributed by atoms with E-state index in [1.54, 1.807) is 0 Å². The Hall–Kier alpha value is -0.610. The second-order valence-corrected chi connectivity index (χ2v) is 6.50. The van der Waals surface area contributed by atoms with Gasteiger partial charge in [-0.3, -0.25) is 4.79 Å². The van der Waals surface area contributed by atoms with Crippen molar-refractivity contribution in [2.75, 3.05) is 19.7 Å². The Kier molecular flexibility index (Phi) is 6.30. The van der Waals surface area contributed by atoms with E-state index in [9.17, 15) is 4.79 Å². The lowest BCUT2D eigenvalue weighted by Gasteiger charge is -2.28. The van der Waals surface area contributed by atoms with Crippen molar-refractivity contribution in [2.24, 2.45) is 23.5 Å². The summed E-state index contributed by atoms with van der Waals surface area (Å²) in [6.45, 7) is 4.18. The molecule has 0 aliphatic heterocycles. The van der Waals surface area contributed by atoms with E-state index in [1.807, 2.05) is 0 Å². The van der Waals surface area contributed by atoms with Gasteiger partial charge in [-0.2, -0.15) is 0 Å². The van der Waals surface area contributed by atoms with Crippen LogP contribution in [0.1, 0.15) is 51.9 Å². The molecule has 3 N–H and O–H groups in total. The van der Waals surface area contributed by atoms with E-state index in [0.29, 0.717) is 37.6 Å². The van der Waals surface area contributed by atoms with Crippen LogP contribution < -0.4 is 11.1 Å². The van der Waals surface area contributed by atoms with E-state index in [-0.39, 0.29) is 11.8 Å². The highest BCUT2D eigenvalue weighted by atomic mass is 16.5. The van der Waals surface area contributed by atoms with Gasteiger partial charge in [-0.1, -0.05) is 26.2 Å². The summed E-state index contributed by atoms with van der Waals surface area (Å²) in [6.07, 6.45) is 8.68. The summed E-state index contributed by atoms with van der Waals surface area (Å²) >= 11 is 0. The molecule has 0 aromatic heterocycles. The Labute approximate surface area is 122 Å². The summed E-state index contributed by atoms with van der Waals surface area (Å²) in [6, 6.07) is 0. The van der Waals surface area contributed by atoms with Gasteiger partial charge in [-0.05, 0) is 44.1 Å². The predicted molar refractivity (Wildman–Crippen MR) is 80.3 cm³/mol.